The van der Waals surface area contributed by atoms with E-state index in [0.717, 1.165) is 0 Å². The zero-order valence-corrected chi connectivity index (χ0v) is 11.5. The second kappa shape index (κ2) is 5.66. The van der Waals surface area contributed by atoms with Crippen LogP contribution in [0.2, 0.25) is 0 Å². The number of aromatic carboxylic acids is 1. The van der Waals surface area contributed by atoms with Crippen LogP contribution in [0.1, 0.15) is 20.8 Å². The Hall–Kier alpha value is -2.48. The van der Waals surface area contributed by atoms with Gasteiger partial charge in [0.05, 0.1) is 5.56 Å². The summed E-state index contributed by atoms with van der Waals surface area (Å²) < 4.78 is 0.609. The van der Waals surface area contributed by atoms with E-state index in [9.17, 15) is 14.7 Å². The number of rotatable bonds is 3. The third-order valence-electron chi connectivity index (χ3n) is 2.34. The van der Waals surface area contributed by atoms with Crippen LogP contribution in [0.5, 0.6) is 5.75 Å². The summed E-state index contributed by atoms with van der Waals surface area (Å²) in [6.45, 7) is 0. The minimum Gasteiger partial charge on any atom is -0.507 e. The number of hydrogen-bond acceptors (Lipinski definition) is 5. The molecular formula is C12H8BrN3O4. The maximum Gasteiger partial charge on any atom is 0.358 e. The Morgan fingerprint density at radius 1 is 1.20 bits per heavy atom. The first kappa shape index (κ1) is 13.9. The molecule has 0 spiro atoms. The topological polar surface area (TPSA) is 112 Å². The molecule has 0 aliphatic carbocycles. The Bertz CT molecular complexity index is 690. The van der Waals surface area contributed by atoms with E-state index in [2.05, 4.69) is 31.2 Å². The molecule has 2 rings (SSSR count). The minimum absolute atomic E-state index is 0.00445. The van der Waals surface area contributed by atoms with Crippen molar-refractivity contribution >= 4 is 33.6 Å². The lowest BCUT2D eigenvalue weighted by atomic mass is 10.2. The molecule has 0 aliphatic rings. The normalized spacial score (nSPS) is 10.1. The highest BCUT2D eigenvalue weighted by Gasteiger charge is 2.17. The number of carbonyl (C=O) groups excluding carboxylic acids is 1. The van der Waals surface area contributed by atoms with Gasteiger partial charge in [0.25, 0.3) is 5.91 Å². The first-order chi connectivity index (χ1) is 9.49. The molecule has 1 amide bonds. The molecule has 20 heavy (non-hydrogen) atoms. The van der Waals surface area contributed by atoms with E-state index < -0.39 is 11.9 Å². The first-order valence-corrected chi connectivity index (χ1v) is 6.12. The number of aromatic nitrogens is 2. The Morgan fingerprint density at radius 2 is 1.90 bits per heavy atom. The molecule has 0 atom stereocenters. The van der Waals surface area contributed by atoms with Crippen LogP contribution in [-0.4, -0.2) is 32.1 Å². The summed E-state index contributed by atoms with van der Waals surface area (Å²) in [5.74, 6) is -2.42. The first-order valence-electron chi connectivity index (χ1n) is 5.33. The van der Waals surface area contributed by atoms with E-state index in [1.807, 2.05) is 0 Å². The largest absolute Gasteiger partial charge is 0.507 e. The summed E-state index contributed by atoms with van der Waals surface area (Å²) in [5, 5.41) is 20.9. The fourth-order valence-corrected chi connectivity index (χ4v) is 1.81. The lowest BCUT2D eigenvalue weighted by Crippen LogP contribution is -2.17. The number of phenols is 1. The number of amides is 1. The number of hydrogen-bond donors (Lipinski definition) is 3. The van der Waals surface area contributed by atoms with Crippen molar-refractivity contribution in [3.05, 3.63) is 46.3 Å². The van der Waals surface area contributed by atoms with Crippen molar-refractivity contribution in [1.82, 2.24) is 9.97 Å². The Kier molecular flexibility index (Phi) is 3.94. The number of halogens is 1. The highest BCUT2D eigenvalue weighted by Crippen LogP contribution is 2.23. The summed E-state index contributed by atoms with van der Waals surface area (Å²) >= 11 is 3.15. The van der Waals surface area contributed by atoms with Gasteiger partial charge >= 0.3 is 5.97 Å². The Labute approximate surface area is 121 Å². The van der Waals surface area contributed by atoms with Gasteiger partial charge in [-0.2, -0.15) is 0 Å². The fourth-order valence-electron chi connectivity index (χ4n) is 1.46. The summed E-state index contributed by atoms with van der Waals surface area (Å²) in [7, 11) is 0. The lowest BCUT2D eigenvalue weighted by molar-refractivity contribution is 0.0691. The highest BCUT2D eigenvalue weighted by atomic mass is 79.9. The molecule has 1 aromatic heterocycles. The Balaban J connectivity index is 2.30. The average Bonchev–Trinajstić information content (AvgIpc) is 2.38. The van der Waals surface area contributed by atoms with Crippen LogP contribution in [0.4, 0.5) is 5.82 Å². The van der Waals surface area contributed by atoms with Gasteiger partial charge in [0.1, 0.15) is 5.75 Å². The molecule has 102 valence electrons. The van der Waals surface area contributed by atoms with Crippen molar-refractivity contribution in [1.29, 1.82) is 0 Å². The number of nitrogens with zero attached hydrogens (tertiary/aromatic N) is 2. The van der Waals surface area contributed by atoms with Gasteiger partial charge in [-0.1, -0.05) is 15.9 Å². The summed E-state index contributed by atoms with van der Waals surface area (Å²) in [6, 6.07) is 4.32. The van der Waals surface area contributed by atoms with Gasteiger partial charge in [0.15, 0.2) is 11.5 Å². The summed E-state index contributed by atoms with van der Waals surface area (Å²) in [5.41, 5.74) is -0.382. The van der Waals surface area contributed by atoms with Crippen molar-refractivity contribution < 1.29 is 19.8 Å². The van der Waals surface area contributed by atoms with Gasteiger partial charge in [-0.05, 0) is 18.2 Å². The van der Waals surface area contributed by atoms with Gasteiger partial charge in [0, 0.05) is 16.9 Å². The van der Waals surface area contributed by atoms with Crippen LogP contribution in [-0.2, 0) is 0 Å². The minimum atomic E-state index is -1.31. The van der Waals surface area contributed by atoms with E-state index in [1.165, 1.54) is 24.5 Å². The number of carbonyl (C=O) groups is 2. The summed E-state index contributed by atoms with van der Waals surface area (Å²) in [4.78, 5) is 30.3. The number of benzene rings is 1. The maximum atomic E-state index is 12.0. The van der Waals surface area contributed by atoms with Crippen molar-refractivity contribution in [3.8, 4) is 5.75 Å². The predicted octanol–water partition coefficient (Wildman–Crippen LogP) is 1.90. The number of carboxylic acid groups (broad SMARTS) is 1. The predicted molar refractivity (Wildman–Crippen MR) is 72.8 cm³/mol. The maximum absolute atomic E-state index is 12.0. The number of carboxylic acids is 1. The zero-order valence-electron chi connectivity index (χ0n) is 9.87. The molecule has 1 heterocycles. The smallest absolute Gasteiger partial charge is 0.358 e. The van der Waals surface area contributed by atoms with Crippen LogP contribution in [0.15, 0.2) is 35.1 Å². The molecule has 0 unspecified atom stereocenters. The molecule has 3 N–H and O–H groups in total. The molecule has 1 aromatic carbocycles. The SMILES string of the molecule is O=C(Nc1nccnc1C(=O)O)c1ccc(Br)cc1O. The molecule has 0 saturated carbocycles. The standard InChI is InChI=1S/C12H8BrN3O4/c13-6-1-2-7(8(17)5-6)11(18)16-10-9(12(19)20)14-3-4-15-10/h1-5,17H,(H,19,20)(H,15,16,18). The molecule has 0 radical (unpaired) electrons. The second-order valence-corrected chi connectivity index (χ2v) is 4.59. The molecule has 8 heteroatoms. The van der Waals surface area contributed by atoms with Crippen molar-refractivity contribution in [3.63, 3.8) is 0 Å². The number of nitrogens with one attached hydrogen (secondary N) is 1. The van der Waals surface area contributed by atoms with Gasteiger partial charge < -0.3 is 15.5 Å². The van der Waals surface area contributed by atoms with Crippen LogP contribution in [0, 0.1) is 0 Å². The molecule has 7 nitrogen and oxygen atoms in total. The van der Waals surface area contributed by atoms with Crippen LogP contribution in [0.3, 0.4) is 0 Å². The van der Waals surface area contributed by atoms with Crippen LogP contribution >= 0.6 is 15.9 Å². The van der Waals surface area contributed by atoms with E-state index in [4.69, 9.17) is 5.11 Å². The number of aromatic hydroxyl groups is 1. The average molecular weight is 338 g/mol. The monoisotopic (exact) mass is 337 g/mol. The Morgan fingerprint density at radius 3 is 2.55 bits per heavy atom. The lowest BCUT2D eigenvalue weighted by Gasteiger charge is -2.07. The van der Waals surface area contributed by atoms with Gasteiger partial charge in [-0.25, -0.2) is 14.8 Å². The fraction of sp³-hybridized carbons (Fsp3) is 0. The quantitative estimate of drug-likeness (QED) is 0.788. The molecule has 0 bridgehead atoms. The van der Waals surface area contributed by atoms with Crippen molar-refractivity contribution in [2.75, 3.05) is 5.32 Å². The van der Waals surface area contributed by atoms with Crippen LogP contribution < -0.4 is 5.32 Å². The van der Waals surface area contributed by atoms with Crippen molar-refractivity contribution in [2.24, 2.45) is 0 Å². The molecule has 0 saturated heterocycles. The number of phenolic OH excluding ortho intramolecular Hbond substituents is 1. The molecule has 0 aliphatic heterocycles. The third-order valence-corrected chi connectivity index (χ3v) is 2.83. The van der Waals surface area contributed by atoms with E-state index >= 15 is 0 Å². The number of anilines is 1. The molecular weight excluding hydrogens is 330 g/mol. The van der Waals surface area contributed by atoms with E-state index in [1.54, 1.807) is 6.07 Å². The van der Waals surface area contributed by atoms with Gasteiger partial charge in [-0.3, -0.25) is 4.79 Å². The second-order valence-electron chi connectivity index (χ2n) is 3.67. The van der Waals surface area contributed by atoms with Crippen molar-refractivity contribution in [2.45, 2.75) is 0 Å². The molecule has 0 fully saturated rings. The molecule has 2 aromatic rings. The van der Waals surface area contributed by atoms with Gasteiger partial charge in [-0.15, -0.1) is 0 Å². The van der Waals surface area contributed by atoms with E-state index in [-0.39, 0.29) is 22.8 Å². The van der Waals surface area contributed by atoms with Gasteiger partial charge in [0.2, 0.25) is 0 Å². The highest BCUT2D eigenvalue weighted by molar-refractivity contribution is 9.10. The third kappa shape index (κ3) is 2.91. The summed E-state index contributed by atoms with van der Waals surface area (Å²) in [6.07, 6.45) is 2.46. The van der Waals surface area contributed by atoms with Crippen LogP contribution in [0.25, 0.3) is 0 Å². The zero-order chi connectivity index (χ0) is 14.7. The van der Waals surface area contributed by atoms with E-state index in [0.29, 0.717) is 4.47 Å².